The Bertz CT molecular complexity index is 411. The van der Waals surface area contributed by atoms with Gasteiger partial charge in [-0.25, -0.2) is 0 Å². The molecule has 0 bridgehead atoms. The maximum Gasteiger partial charge on any atom is 0.324 e. The monoisotopic (exact) mass is 358 g/mol. The molecule has 4 N–H and O–H groups in total. The van der Waals surface area contributed by atoms with Crippen molar-refractivity contribution >= 4 is 11.9 Å². The average Bonchev–Trinajstić information content (AvgIpc) is 2.42. The van der Waals surface area contributed by atoms with E-state index < -0.39 is 35.1 Å². The van der Waals surface area contributed by atoms with E-state index in [0.717, 1.165) is 32.1 Å². The Labute approximate surface area is 153 Å². The van der Waals surface area contributed by atoms with Crippen LogP contribution in [0.4, 0.5) is 0 Å². The van der Waals surface area contributed by atoms with Crippen molar-refractivity contribution < 1.29 is 19.1 Å². The molecule has 0 rings (SSSR count). The first-order chi connectivity index (χ1) is 11.4. The topological polar surface area (TPSA) is 105 Å². The van der Waals surface area contributed by atoms with Crippen molar-refractivity contribution in [2.75, 3.05) is 6.54 Å². The van der Waals surface area contributed by atoms with E-state index in [4.69, 9.17) is 20.9 Å². The molecule has 0 aromatic heterocycles. The summed E-state index contributed by atoms with van der Waals surface area (Å²) < 4.78 is 10.8. The number of hydrogen-bond donors (Lipinski definition) is 2. The van der Waals surface area contributed by atoms with Gasteiger partial charge in [-0.1, -0.05) is 25.7 Å². The Hall–Kier alpha value is -1.14. The molecule has 0 radical (unpaired) electrons. The number of esters is 2. The molecule has 148 valence electrons. The lowest BCUT2D eigenvalue weighted by atomic mass is 9.93. The molecule has 0 saturated heterocycles. The summed E-state index contributed by atoms with van der Waals surface area (Å²) in [5.41, 5.74) is 10.3. The molecule has 0 aromatic rings. The van der Waals surface area contributed by atoms with Gasteiger partial charge in [-0.15, -0.1) is 0 Å². The molecule has 0 saturated carbocycles. The fourth-order valence-corrected chi connectivity index (χ4v) is 2.39. The standard InChI is InChI=1S/C19H38N2O4/c1-18(2,3)24-16(22)14(12-10-8-7-9-11-13-20)15(21)17(23)25-19(4,5)6/h14-15H,7-13,20-21H2,1-6H3. The normalized spacial score (nSPS) is 14.7. The third-order valence-corrected chi connectivity index (χ3v) is 3.54. The second-order valence-corrected chi connectivity index (χ2v) is 8.54. The predicted molar refractivity (Wildman–Crippen MR) is 99.9 cm³/mol. The zero-order valence-electron chi connectivity index (χ0n) is 16.9. The van der Waals surface area contributed by atoms with Gasteiger partial charge in [0, 0.05) is 0 Å². The lowest BCUT2D eigenvalue weighted by Gasteiger charge is -2.28. The summed E-state index contributed by atoms with van der Waals surface area (Å²) in [7, 11) is 0. The van der Waals surface area contributed by atoms with Gasteiger partial charge < -0.3 is 20.9 Å². The number of carbonyl (C=O) groups is 2. The molecular weight excluding hydrogens is 320 g/mol. The molecule has 2 atom stereocenters. The van der Waals surface area contributed by atoms with Crippen LogP contribution in [0.15, 0.2) is 0 Å². The first-order valence-corrected chi connectivity index (χ1v) is 9.29. The molecule has 0 aromatic carbocycles. The van der Waals surface area contributed by atoms with Crippen molar-refractivity contribution in [2.45, 2.75) is 97.3 Å². The molecule has 0 aliphatic rings. The van der Waals surface area contributed by atoms with Crippen LogP contribution in [0.5, 0.6) is 0 Å². The number of ether oxygens (including phenoxy) is 2. The first kappa shape index (κ1) is 23.9. The van der Waals surface area contributed by atoms with Gasteiger partial charge in [0.15, 0.2) is 0 Å². The molecule has 0 aliphatic heterocycles. The Morgan fingerprint density at radius 2 is 1.24 bits per heavy atom. The fraction of sp³-hybridized carbons (Fsp3) is 0.895. The summed E-state index contributed by atoms with van der Waals surface area (Å²) in [4.78, 5) is 24.8. The average molecular weight is 359 g/mol. The number of rotatable bonds is 10. The van der Waals surface area contributed by atoms with Crippen LogP contribution >= 0.6 is 0 Å². The second-order valence-electron chi connectivity index (χ2n) is 8.54. The summed E-state index contributed by atoms with van der Waals surface area (Å²) in [5, 5.41) is 0. The van der Waals surface area contributed by atoms with Crippen LogP contribution in [0.2, 0.25) is 0 Å². The zero-order valence-corrected chi connectivity index (χ0v) is 16.9. The molecule has 0 heterocycles. The Kier molecular flexibility index (Phi) is 10.3. The van der Waals surface area contributed by atoms with Crippen LogP contribution in [0.1, 0.15) is 80.1 Å². The van der Waals surface area contributed by atoms with Gasteiger partial charge in [0.05, 0.1) is 5.92 Å². The number of hydrogen-bond acceptors (Lipinski definition) is 6. The summed E-state index contributed by atoms with van der Waals surface area (Å²) in [6.07, 6.45) is 5.43. The number of nitrogens with two attached hydrogens (primary N) is 2. The lowest BCUT2D eigenvalue weighted by Crippen LogP contribution is -2.47. The van der Waals surface area contributed by atoms with Gasteiger partial charge >= 0.3 is 11.9 Å². The SMILES string of the molecule is CC(C)(C)OC(=O)C(N)C(CCCCCCCN)C(=O)OC(C)(C)C. The van der Waals surface area contributed by atoms with Crippen LogP contribution in [0, 0.1) is 5.92 Å². The maximum absolute atomic E-state index is 12.5. The van der Waals surface area contributed by atoms with Gasteiger partial charge in [0.1, 0.15) is 17.2 Å². The van der Waals surface area contributed by atoms with Crippen molar-refractivity contribution in [1.82, 2.24) is 0 Å². The molecule has 6 heteroatoms. The van der Waals surface area contributed by atoms with Crippen LogP contribution in [0.3, 0.4) is 0 Å². The maximum atomic E-state index is 12.5. The van der Waals surface area contributed by atoms with E-state index in [1.807, 2.05) is 0 Å². The Morgan fingerprint density at radius 3 is 1.72 bits per heavy atom. The van der Waals surface area contributed by atoms with Gasteiger partial charge in [-0.3, -0.25) is 9.59 Å². The smallest absolute Gasteiger partial charge is 0.324 e. The third kappa shape index (κ3) is 11.9. The molecular formula is C19H38N2O4. The summed E-state index contributed by atoms with van der Waals surface area (Å²) in [6.45, 7) is 11.4. The highest BCUT2D eigenvalue weighted by molar-refractivity contribution is 5.84. The lowest BCUT2D eigenvalue weighted by molar-refractivity contribution is -0.169. The quantitative estimate of drug-likeness (QED) is 0.459. The highest BCUT2D eigenvalue weighted by Crippen LogP contribution is 2.21. The van der Waals surface area contributed by atoms with Crippen LogP contribution < -0.4 is 11.5 Å². The highest BCUT2D eigenvalue weighted by atomic mass is 16.6. The minimum absolute atomic E-state index is 0.437. The van der Waals surface area contributed by atoms with Gasteiger partial charge in [0.25, 0.3) is 0 Å². The molecule has 0 aliphatic carbocycles. The zero-order chi connectivity index (χ0) is 19.7. The van der Waals surface area contributed by atoms with E-state index in [-0.39, 0.29) is 0 Å². The van der Waals surface area contributed by atoms with E-state index in [1.165, 1.54) is 0 Å². The Balaban J connectivity index is 4.82. The van der Waals surface area contributed by atoms with Crippen molar-refractivity contribution in [3.8, 4) is 0 Å². The molecule has 0 fully saturated rings. The Morgan fingerprint density at radius 1 is 0.800 bits per heavy atom. The van der Waals surface area contributed by atoms with E-state index in [1.54, 1.807) is 41.5 Å². The summed E-state index contributed by atoms with van der Waals surface area (Å²) in [6, 6.07) is -1.02. The second kappa shape index (κ2) is 10.8. The molecule has 6 nitrogen and oxygen atoms in total. The predicted octanol–water partition coefficient (Wildman–Crippen LogP) is 2.91. The van der Waals surface area contributed by atoms with Crippen LogP contribution in [0.25, 0.3) is 0 Å². The van der Waals surface area contributed by atoms with Crippen LogP contribution in [-0.4, -0.2) is 35.7 Å². The minimum Gasteiger partial charge on any atom is -0.460 e. The minimum atomic E-state index is -1.02. The first-order valence-electron chi connectivity index (χ1n) is 9.29. The highest BCUT2D eigenvalue weighted by Gasteiger charge is 2.36. The fourth-order valence-electron chi connectivity index (χ4n) is 2.39. The van der Waals surface area contributed by atoms with E-state index >= 15 is 0 Å². The van der Waals surface area contributed by atoms with Crippen LogP contribution in [-0.2, 0) is 19.1 Å². The van der Waals surface area contributed by atoms with Gasteiger partial charge in [0.2, 0.25) is 0 Å². The molecule has 0 amide bonds. The third-order valence-electron chi connectivity index (χ3n) is 3.54. The van der Waals surface area contributed by atoms with E-state index in [9.17, 15) is 9.59 Å². The van der Waals surface area contributed by atoms with Gasteiger partial charge in [-0.05, 0) is 60.9 Å². The van der Waals surface area contributed by atoms with Crippen molar-refractivity contribution in [2.24, 2.45) is 17.4 Å². The molecule has 25 heavy (non-hydrogen) atoms. The summed E-state index contributed by atoms with van der Waals surface area (Å²) >= 11 is 0. The molecule has 2 unspecified atom stereocenters. The van der Waals surface area contributed by atoms with E-state index in [0.29, 0.717) is 13.0 Å². The van der Waals surface area contributed by atoms with Crippen molar-refractivity contribution in [1.29, 1.82) is 0 Å². The van der Waals surface area contributed by atoms with Gasteiger partial charge in [-0.2, -0.15) is 0 Å². The van der Waals surface area contributed by atoms with Crippen molar-refractivity contribution in [3.63, 3.8) is 0 Å². The summed E-state index contributed by atoms with van der Waals surface area (Å²) in [5.74, 6) is -1.69. The van der Waals surface area contributed by atoms with E-state index in [2.05, 4.69) is 0 Å². The van der Waals surface area contributed by atoms with Crippen molar-refractivity contribution in [3.05, 3.63) is 0 Å². The molecule has 0 spiro atoms. The number of carbonyl (C=O) groups excluding carboxylic acids is 2. The largest absolute Gasteiger partial charge is 0.460 e. The number of unbranched alkanes of at least 4 members (excludes halogenated alkanes) is 4.